The highest BCUT2D eigenvalue weighted by atomic mass is 16.5. The molecule has 1 fully saturated rings. The molecule has 1 heterocycles. The number of ether oxygens (including phenoxy) is 1. The van der Waals surface area contributed by atoms with Crippen LogP contribution in [0.2, 0.25) is 0 Å². The number of nitrogens with zero attached hydrogens (tertiary/aromatic N) is 2. The first-order valence-corrected chi connectivity index (χ1v) is 6.52. The maximum absolute atomic E-state index is 7.46. The standard InChI is InChI=1S/C13H20N4O/c1-2-9-4-3-5-10(8-9)18-13-11(12(14)15)16-6-7-17-13/h6-7,9-10H,2-5,8H2,1H3,(H3,14,15). The summed E-state index contributed by atoms with van der Waals surface area (Å²) in [7, 11) is 0. The van der Waals surface area contributed by atoms with Gasteiger partial charge in [-0.3, -0.25) is 5.41 Å². The Morgan fingerprint density at radius 3 is 2.94 bits per heavy atom. The van der Waals surface area contributed by atoms with E-state index < -0.39 is 0 Å². The number of nitrogen functional groups attached to an aromatic ring is 1. The molecule has 0 saturated heterocycles. The van der Waals surface area contributed by atoms with E-state index in [1.54, 1.807) is 6.20 Å². The fourth-order valence-electron chi connectivity index (χ4n) is 2.47. The third-order valence-corrected chi connectivity index (χ3v) is 3.51. The molecule has 0 radical (unpaired) electrons. The van der Waals surface area contributed by atoms with Gasteiger partial charge in [-0.2, -0.15) is 0 Å². The van der Waals surface area contributed by atoms with Gasteiger partial charge in [-0.1, -0.05) is 19.8 Å². The Morgan fingerprint density at radius 2 is 2.22 bits per heavy atom. The fourth-order valence-corrected chi connectivity index (χ4v) is 2.47. The van der Waals surface area contributed by atoms with Crippen LogP contribution in [0.3, 0.4) is 0 Å². The van der Waals surface area contributed by atoms with Crippen LogP contribution in [0.1, 0.15) is 44.7 Å². The number of aromatic nitrogens is 2. The second kappa shape index (κ2) is 5.80. The number of nitrogens with two attached hydrogens (primary N) is 1. The van der Waals surface area contributed by atoms with Gasteiger partial charge in [-0.15, -0.1) is 0 Å². The van der Waals surface area contributed by atoms with Gasteiger partial charge in [-0.05, 0) is 25.2 Å². The van der Waals surface area contributed by atoms with Crippen LogP contribution in [0.15, 0.2) is 12.4 Å². The van der Waals surface area contributed by atoms with Crippen molar-refractivity contribution < 1.29 is 4.74 Å². The van der Waals surface area contributed by atoms with Crippen molar-refractivity contribution in [2.24, 2.45) is 11.7 Å². The van der Waals surface area contributed by atoms with Gasteiger partial charge in [-0.25, -0.2) is 9.97 Å². The molecule has 0 aliphatic heterocycles. The normalized spacial score (nSPS) is 23.6. The minimum atomic E-state index is -0.0963. The lowest BCUT2D eigenvalue weighted by atomic mass is 9.85. The Bertz CT molecular complexity index is 421. The molecule has 1 aromatic heterocycles. The number of amidine groups is 1. The highest BCUT2D eigenvalue weighted by Crippen LogP contribution is 2.29. The maximum atomic E-state index is 7.46. The average molecular weight is 248 g/mol. The lowest BCUT2D eigenvalue weighted by Crippen LogP contribution is -2.27. The zero-order chi connectivity index (χ0) is 13.0. The van der Waals surface area contributed by atoms with Crippen molar-refractivity contribution in [2.45, 2.75) is 45.1 Å². The van der Waals surface area contributed by atoms with E-state index in [2.05, 4.69) is 16.9 Å². The van der Waals surface area contributed by atoms with E-state index in [0.717, 1.165) is 18.8 Å². The molecule has 1 aromatic rings. The van der Waals surface area contributed by atoms with Crippen molar-refractivity contribution >= 4 is 5.84 Å². The molecule has 2 unspecified atom stereocenters. The molecular formula is C13H20N4O. The molecule has 1 aliphatic rings. The first kappa shape index (κ1) is 12.8. The van der Waals surface area contributed by atoms with E-state index in [1.165, 1.54) is 25.5 Å². The Hall–Kier alpha value is -1.65. The summed E-state index contributed by atoms with van der Waals surface area (Å²) in [5, 5.41) is 7.46. The van der Waals surface area contributed by atoms with Gasteiger partial charge in [0.1, 0.15) is 11.9 Å². The molecule has 1 aliphatic carbocycles. The monoisotopic (exact) mass is 248 g/mol. The SMILES string of the molecule is CCC1CCCC(Oc2nccnc2C(=N)N)C1. The summed E-state index contributed by atoms with van der Waals surface area (Å²) in [6.45, 7) is 2.22. The molecule has 98 valence electrons. The summed E-state index contributed by atoms with van der Waals surface area (Å²) in [5.41, 5.74) is 5.82. The van der Waals surface area contributed by atoms with Crippen molar-refractivity contribution in [1.29, 1.82) is 5.41 Å². The number of hydrogen-bond donors (Lipinski definition) is 2. The van der Waals surface area contributed by atoms with Crippen molar-refractivity contribution in [3.05, 3.63) is 18.1 Å². The van der Waals surface area contributed by atoms with E-state index in [4.69, 9.17) is 15.9 Å². The molecule has 18 heavy (non-hydrogen) atoms. The molecule has 2 atom stereocenters. The van der Waals surface area contributed by atoms with Gasteiger partial charge >= 0.3 is 0 Å². The molecule has 5 heteroatoms. The molecule has 0 amide bonds. The van der Waals surface area contributed by atoms with Gasteiger partial charge < -0.3 is 10.5 Å². The number of hydrogen-bond acceptors (Lipinski definition) is 4. The van der Waals surface area contributed by atoms with Crippen molar-refractivity contribution in [3.63, 3.8) is 0 Å². The van der Waals surface area contributed by atoms with Gasteiger partial charge in [0.05, 0.1) is 0 Å². The molecular weight excluding hydrogens is 228 g/mol. The minimum Gasteiger partial charge on any atom is -0.473 e. The van der Waals surface area contributed by atoms with E-state index in [9.17, 15) is 0 Å². The van der Waals surface area contributed by atoms with Crippen molar-refractivity contribution in [3.8, 4) is 5.88 Å². The van der Waals surface area contributed by atoms with Crippen LogP contribution in [0.4, 0.5) is 0 Å². The highest BCUT2D eigenvalue weighted by molar-refractivity contribution is 5.94. The number of nitrogens with one attached hydrogen (secondary N) is 1. The van der Waals surface area contributed by atoms with Crippen molar-refractivity contribution in [1.82, 2.24) is 9.97 Å². The zero-order valence-corrected chi connectivity index (χ0v) is 10.7. The predicted molar refractivity (Wildman–Crippen MR) is 69.7 cm³/mol. The van der Waals surface area contributed by atoms with Gasteiger partial charge in [0.2, 0.25) is 5.88 Å². The minimum absolute atomic E-state index is 0.0963. The maximum Gasteiger partial charge on any atom is 0.244 e. The van der Waals surface area contributed by atoms with E-state index >= 15 is 0 Å². The lowest BCUT2D eigenvalue weighted by molar-refractivity contribution is 0.116. The first-order valence-electron chi connectivity index (χ1n) is 6.52. The third-order valence-electron chi connectivity index (χ3n) is 3.51. The smallest absolute Gasteiger partial charge is 0.244 e. The predicted octanol–water partition coefficient (Wildman–Crippen LogP) is 2.11. The molecule has 0 aromatic carbocycles. The summed E-state index contributed by atoms with van der Waals surface area (Å²) in [6.07, 6.45) is 9.06. The Kier molecular flexibility index (Phi) is 4.12. The van der Waals surface area contributed by atoms with Crippen LogP contribution in [0.25, 0.3) is 0 Å². The van der Waals surface area contributed by atoms with E-state index in [0.29, 0.717) is 11.6 Å². The van der Waals surface area contributed by atoms with Crippen LogP contribution in [0.5, 0.6) is 5.88 Å². The summed E-state index contributed by atoms with van der Waals surface area (Å²) in [5.74, 6) is 1.04. The molecule has 1 saturated carbocycles. The second-order valence-corrected chi connectivity index (χ2v) is 4.80. The van der Waals surface area contributed by atoms with Crippen LogP contribution in [-0.2, 0) is 0 Å². The molecule has 2 rings (SSSR count). The summed E-state index contributed by atoms with van der Waals surface area (Å²) in [6, 6.07) is 0. The lowest BCUT2D eigenvalue weighted by Gasteiger charge is -2.28. The Labute approximate surface area is 107 Å². The second-order valence-electron chi connectivity index (χ2n) is 4.80. The Morgan fingerprint density at radius 1 is 1.44 bits per heavy atom. The largest absolute Gasteiger partial charge is 0.473 e. The quantitative estimate of drug-likeness (QED) is 0.631. The van der Waals surface area contributed by atoms with E-state index in [1.807, 2.05) is 0 Å². The molecule has 0 spiro atoms. The van der Waals surface area contributed by atoms with Gasteiger partial charge in [0.25, 0.3) is 0 Å². The van der Waals surface area contributed by atoms with Crippen molar-refractivity contribution in [2.75, 3.05) is 0 Å². The summed E-state index contributed by atoms with van der Waals surface area (Å²) in [4.78, 5) is 8.19. The van der Waals surface area contributed by atoms with Crippen LogP contribution in [0, 0.1) is 11.3 Å². The fraction of sp³-hybridized carbons (Fsp3) is 0.615. The molecule has 5 nitrogen and oxygen atoms in total. The first-order chi connectivity index (χ1) is 8.70. The topological polar surface area (TPSA) is 84.9 Å². The Balaban J connectivity index is 2.07. The van der Waals surface area contributed by atoms with E-state index in [-0.39, 0.29) is 11.9 Å². The zero-order valence-electron chi connectivity index (χ0n) is 10.7. The molecule has 0 bridgehead atoms. The number of rotatable bonds is 4. The summed E-state index contributed by atoms with van der Waals surface area (Å²) >= 11 is 0. The van der Waals surface area contributed by atoms with Crippen LogP contribution in [-0.4, -0.2) is 21.9 Å². The third kappa shape index (κ3) is 2.97. The highest BCUT2D eigenvalue weighted by Gasteiger charge is 2.23. The van der Waals surface area contributed by atoms with Crippen LogP contribution < -0.4 is 10.5 Å². The average Bonchev–Trinajstić information content (AvgIpc) is 2.39. The van der Waals surface area contributed by atoms with Gasteiger partial charge in [0.15, 0.2) is 5.69 Å². The molecule has 3 N–H and O–H groups in total. The summed E-state index contributed by atoms with van der Waals surface area (Å²) < 4.78 is 5.89. The van der Waals surface area contributed by atoms with Crippen LogP contribution >= 0.6 is 0 Å². The van der Waals surface area contributed by atoms with Gasteiger partial charge in [0, 0.05) is 12.4 Å².